The minimum absolute atomic E-state index is 0.868. The average molecular weight is 262 g/mol. The Balaban J connectivity index is 2.21. The summed E-state index contributed by atoms with van der Waals surface area (Å²) in [5, 5.41) is 4.87. The third-order valence-electron chi connectivity index (χ3n) is 3.98. The molecule has 0 saturated carbocycles. The van der Waals surface area contributed by atoms with Crippen LogP contribution in [0, 0.1) is 6.92 Å². The molecule has 3 heteroatoms. The van der Waals surface area contributed by atoms with Gasteiger partial charge in [-0.25, -0.2) is 0 Å². The van der Waals surface area contributed by atoms with Gasteiger partial charge in [-0.05, 0) is 42.1 Å². The number of methoxy groups -OCH3 is 1. The molecule has 0 bridgehead atoms. The van der Waals surface area contributed by atoms with Crippen LogP contribution in [0.1, 0.15) is 5.56 Å². The van der Waals surface area contributed by atoms with E-state index in [0.29, 0.717) is 0 Å². The molecular weight excluding hydrogens is 248 g/mol. The van der Waals surface area contributed by atoms with E-state index in [1.807, 2.05) is 24.5 Å². The molecule has 0 atom stereocenters. The summed E-state index contributed by atoms with van der Waals surface area (Å²) >= 11 is 0. The van der Waals surface area contributed by atoms with Crippen LogP contribution in [0.3, 0.4) is 0 Å². The molecule has 20 heavy (non-hydrogen) atoms. The van der Waals surface area contributed by atoms with E-state index in [4.69, 9.17) is 4.74 Å². The van der Waals surface area contributed by atoms with Crippen molar-refractivity contribution < 1.29 is 4.74 Å². The van der Waals surface area contributed by atoms with Crippen molar-refractivity contribution in [2.45, 2.75) is 6.92 Å². The molecule has 4 rings (SSSR count). The molecule has 0 radical (unpaired) electrons. The monoisotopic (exact) mass is 262 g/mol. The topological polar surface area (TPSA) is 37.9 Å². The Morgan fingerprint density at radius 3 is 2.80 bits per heavy atom. The third-order valence-corrected chi connectivity index (χ3v) is 3.98. The molecule has 0 aliphatic heterocycles. The Bertz CT molecular complexity index is 953. The minimum atomic E-state index is 0.868. The lowest BCUT2D eigenvalue weighted by Crippen LogP contribution is -1.82. The average Bonchev–Trinajstić information content (AvgIpc) is 2.85. The molecule has 98 valence electrons. The van der Waals surface area contributed by atoms with Gasteiger partial charge in [0.1, 0.15) is 5.75 Å². The van der Waals surface area contributed by atoms with Crippen molar-refractivity contribution >= 4 is 32.6 Å². The zero-order chi connectivity index (χ0) is 13.7. The smallest absolute Gasteiger partial charge is 0.120 e. The van der Waals surface area contributed by atoms with Crippen molar-refractivity contribution in [2.24, 2.45) is 0 Å². The molecule has 4 aromatic rings. The van der Waals surface area contributed by atoms with Crippen LogP contribution < -0.4 is 4.74 Å². The highest BCUT2D eigenvalue weighted by atomic mass is 16.5. The molecule has 0 spiro atoms. The first kappa shape index (κ1) is 11.3. The molecule has 2 aromatic heterocycles. The lowest BCUT2D eigenvalue weighted by molar-refractivity contribution is 0.415. The van der Waals surface area contributed by atoms with Crippen molar-refractivity contribution in [1.29, 1.82) is 0 Å². The summed E-state index contributed by atoms with van der Waals surface area (Å²) in [5.41, 5.74) is 3.55. The highest BCUT2D eigenvalue weighted by Crippen LogP contribution is 2.33. The number of hydrogen-bond acceptors (Lipinski definition) is 2. The van der Waals surface area contributed by atoms with Gasteiger partial charge < -0.3 is 9.72 Å². The normalized spacial score (nSPS) is 11.5. The van der Waals surface area contributed by atoms with E-state index in [2.05, 4.69) is 35.1 Å². The number of ether oxygens (including phenoxy) is 1. The second-order valence-corrected chi connectivity index (χ2v) is 5.06. The first-order valence-electron chi connectivity index (χ1n) is 6.60. The first-order chi connectivity index (χ1) is 9.78. The van der Waals surface area contributed by atoms with Crippen LogP contribution in [0.15, 0.2) is 42.7 Å². The van der Waals surface area contributed by atoms with Gasteiger partial charge in [-0.3, -0.25) is 4.98 Å². The van der Waals surface area contributed by atoms with Crippen LogP contribution in [0.25, 0.3) is 32.6 Å². The fourth-order valence-electron chi connectivity index (χ4n) is 2.92. The molecule has 0 fully saturated rings. The maximum absolute atomic E-state index is 5.30. The largest absolute Gasteiger partial charge is 0.497 e. The van der Waals surface area contributed by atoms with Crippen molar-refractivity contribution in [3.8, 4) is 5.75 Å². The van der Waals surface area contributed by atoms with Gasteiger partial charge in [0, 0.05) is 34.6 Å². The van der Waals surface area contributed by atoms with Crippen LogP contribution >= 0.6 is 0 Å². The minimum Gasteiger partial charge on any atom is -0.497 e. The van der Waals surface area contributed by atoms with Gasteiger partial charge >= 0.3 is 0 Å². The number of nitrogens with one attached hydrogen (secondary N) is 1. The quantitative estimate of drug-likeness (QED) is 0.558. The number of aromatic amines is 1. The number of rotatable bonds is 1. The summed E-state index contributed by atoms with van der Waals surface area (Å²) in [6, 6.07) is 10.4. The number of hydrogen-bond donors (Lipinski definition) is 1. The molecule has 0 saturated heterocycles. The Hall–Kier alpha value is -2.55. The van der Waals surface area contributed by atoms with Crippen molar-refractivity contribution in [2.75, 3.05) is 7.11 Å². The van der Waals surface area contributed by atoms with Gasteiger partial charge in [0.05, 0.1) is 18.1 Å². The van der Waals surface area contributed by atoms with E-state index in [1.165, 1.54) is 32.6 Å². The Labute approximate surface area is 116 Å². The summed E-state index contributed by atoms with van der Waals surface area (Å²) < 4.78 is 5.30. The molecular formula is C17H14N2O. The molecule has 3 nitrogen and oxygen atoms in total. The fourth-order valence-corrected chi connectivity index (χ4v) is 2.92. The second kappa shape index (κ2) is 3.97. The molecule has 0 aliphatic rings. The summed E-state index contributed by atoms with van der Waals surface area (Å²) in [5.74, 6) is 0.868. The van der Waals surface area contributed by atoms with Gasteiger partial charge in [-0.15, -0.1) is 0 Å². The standard InChI is InChI=1S/C17H14N2O/c1-10-13-5-6-18-9-11(13)7-15-14-4-3-12(20-2)8-16(14)19-17(10)15/h3-9,19H,1-2H3. The molecule has 0 amide bonds. The maximum atomic E-state index is 5.30. The van der Waals surface area contributed by atoms with E-state index >= 15 is 0 Å². The Morgan fingerprint density at radius 1 is 1.05 bits per heavy atom. The van der Waals surface area contributed by atoms with Crippen LogP contribution in [0.4, 0.5) is 0 Å². The van der Waals surface area contributed by atoms with Gasteiger partial charge in [-0.1, -0.05) is 0 Å². The van der Waals surface area contributed by atoms with E-state index in [1.54, 1.807) is 7.11 Å². The number of benzene rings is 2. The van der Waals surface area contributed by atoms with Crippen LogP contribution in [0.5, 0.6) is 5.75 Å². The Kier molecular flexibility index (Phi) is 2.24. The Morgan fingerprint density at radius 2 is 1.95 bits per heavy atom. The third kappa shape index (κ3) is 1.43. The number of H-pyrrole nitrogens is 1. The highest BCUT2D eigenvalue weighted by molar-refractivity contribution is 6.13. The summed E-state index contributed by atoms with van der Waals surface area (Å²) in [6.45, 7) is 2.15. The predicted molar refractivity (Wildman–Crippen MR) is 82.4 cm³/mol. The van der Waals surface area contributed by atoms with Gasteiger partial charge in [0.25, 0.3) is 0 Å². The number of aryl methyl sites for hydroxylation is 1. The number of fused-ring (bicyclic) bond motifs is 4. The molecule has 0 aliphatic carbocycles. The zero-order valence-electron chi connectivity index (χ0n) is 11.4. The van der Waals surface area contributed by atoms with Crippen LogP contribution in [0.2, 0.25) is 0 Å². The molecule has 0 unspecified atom stereocenters. The number of pyridine rings is 1. The second-order valence-electron chi connectivity index (χ2n) is 5.06. The summed E-state index contributed by atoms with van der Waals surface area (Å²) in [6.07, 6.45) is 3.76. The zero-order valence-corrected chi connectivity index (χ0v) is 11.4. The fraction of sp³-hybridized carbons (Fsp3) is 0.118. The van der Waals surface area contributed by atoms with E-state index < -0.39 is 0 Å². The van der Waals surface area contributed by atoms with Gasteiger partial charge in [0.15, 0.2) is 0 Å². The van der Waals surface area contributed by atoms with Crippen LogP contribution in [-0.2, 0) is 0 Å². The lowest BCUT2D eigenvalue weighted by Gasteiger charge is -2.03. The lowest BCUT2D eigenvalue weighted by atomic mass is 10.0. The van der Waals surface area contributed by atoms with Gasteiger partial charge in [-0.2, -0.15) is 0 Å². The summed E-state index contributed by atoms with van der Waals surface area (Å²) in [4.78, 5) is 7.74. The maximum Gasteiger partial charge on any atom is 0.120 e. The number of nitrogens with zero attached hydrogens (tertiary/aromatic N) is 1. The highest BCUT2D eigenvalue weighted by Gasteiger charge is 2.10. The van der Waals surface area contributed by atoms with Crippen LogP contribution in [-0.4, -0.2) is 17.1 Å². The van der Waals surface area contributed by atoms with E-state index in [9.17, 15) is 0 Å². The van der Waals surface area contributed by atoms with E-state index in [0.717, 1.165) is 11.3 Å². The first-order valence-corrected chi connectivity index (χ1v) is 6.60. The van der Waals surface area contributed by atoms with Gasteiger partial charge in [0.2, 0.25) is 0 Å². The molecule has 2 aromatic carbocycles. The summed E-state index contributed by atoms with van der Waals surface area (Å²) in [7, 11) is 1.69. The predicted octanol–water partition coefficient (Wildman–Crippen LogP) is 4.19. The molecule has 1 N–H and O–H groups in total. The van der Waals surface area contributed by atoms with E-state index in [-0.39, 0.29) is 0 Å². The van der Waals surface area contributed by atoms with Crippen molar-refractivity contribution in [3.63, 3.8) is 0 Å². The van der Waals surface area contributed by atoms with Crippen molar-refractivity contribution in [1.82, 2.24) is 9.97 Å². The molecule has 2 heterocycles. The number of aromatic nitrogens is 2. The SMILES string of the molecule is COc1ccc2c(c1)[nH]c1c(C)c3ccncc3cc12. The van der Waals surface area contributed by atoms with Crippen molar-refractivity contribution in [3.05, 3.63) is 48.3 Å².